The number of rotatable bonds is 3. The second-order valence-corrected chi connectivity index (χ2v) is 9.55. The van der Waals surface area contributed by atoms with E-state index in [2.05, 4.69) is 10.2 Å². The minimum atomic E-state index is -2.64. The van der Waals surface area contributed by atoms with Crippen LogP contribution in [0.25, 0.3) is 0 Å². The molecule has 0 bridgehead atoms. The molecule has 1 aromatic carbocycles. The van der Waals surface area contributed by atoms with E-state index in [1.165, 1.54) is 4.90 Å². The maximum Gasteiger partial charge on any atom is 0.255 e. The molecule has 0 radical (unpaired) electrons. The van der Waals surface area contributed by atoms with Gasteiger partial charge in [-0.2, -0.15) is 0 Å². The molecule has 3 heterocycles. The van der Waals surface area contributed by atoms with Crippen LogP contribution in [0.3, 0.4) is 0 Å². The molecule has 3 N–H and O–H groups in total. The van der Waals surface area contributed by atoms with Gasteiger partial charge < -0.3 is 10.6 Å². The Morgan fingerprint density at radius 3 is 2.77 bits per heavy atom. The van der Waals surface area contributed by atoms with Crippen LogP contribution in [0, 0.1) is 5.92 Å². The van der Waals surface area contributed by atoms with Gasteiger partial charge in [0.1, 0.15) is 6.04 Å². The predicted octanol–water partition coefficient (Wildman–Crippen LogP) is 1.40. The molecule has 1 aliphatic carbocycles. The van der Waals surface area contributed by atoms with Crippen LogP contribution in [0.1, 0.15) is 53.6 Å². The number of alkyl halides is 2. The number of piperidine rings is 1. The lowest BCUT2D eigenvalue weighted by atomic mass is 9.74. The van der Waals surface area contributed by atoms with Gasteiger partial charge in [0.2, 0.25) is 17.7 Å². The molecule has 31 heavy (non-hydrogen) atoms. The van der Waals surface area contributed by atoms with Crippen LogP contribution in [0.5, 0.6) is 0 Å². The molecule has 7 nitrogen and oxygen atoms in total. The summed E-state index contributed by atoms with van der Waals surface area (Å²) < 4.78 is 27.7. The van der Waals surface area contributed by atoms with Crippen LogP contribution in [0.4, 0.5) is 8.78 Å². The summed E-state index contributed by atoms with van der Waals surface area (Å²) in [6.07, 6.45) is 0.555. The Morgan fingerprint density at radius 2 is 2.00 bits per heavy atom. The summed E-state index contributed by atoms with van der Waals surface area (Å²) in [6, 6.07) is 5.04. The van der Waals surface area contributed by atoms with Crippen LogP contribution in [-0.4, -0.2) is 58.1 Å². The van der Waals surface area contributed by atoms with Gasteiger partial charge in [-0.1, -0.05) is 12.1 Å². The SMILES string of the molecule is N[C@@]12CCC(F)(F)C[C@@H]1CN(Cc1ccc3c(c1)C(=O)N(C1CCC(=O)NC1=O)C3)C2. The highest BCUT2D eigenvalue weighted by Crippen LogP contribution is 2.45. The molecular weight excluding hydrogens is 406 g/mol. The molecule has 3 amide bonds. The van der Waals surface area contributed by atoms with Crippen molar-refractivity contribution in [1.29, 1.82) is 0 Å². The van der Waals surface area contributed by atoms with Crippen molar-refractivity contribution in [1.82, 2.24) is 15.1 Å². The van der Waals surface area contributed by atoms with Gasteiger partial charge in [0.05, 0.1) is 0 Å². The Labute approximate surface area is 178 Å². The number of nitrogens with two attached hydrogens (primary N) is 1. The smallest absolute Gasteiger partial charge is 0.255 e. The average molecular weight is 432 g/mol. The minimum absolute atomic E-state index is 0.155. The normalized spacial score (nSPS) is 32.7. The summed E-state index contributed by atoms with van der Waals surface area (Å²) in [5, 5.41) is 2.30. The highest BCUT2D eigenvalue weighted by Gasteiger charge is 2.52. The zero-order chi connectivity index (χ0) is 22.0. The van der Waals surface area contributed by atoms with Crippen molar-refractivity contribution in [3.63, 3.8) is 0 Å². The molecule has 0 spiro atoms. The van der Waals surface area contributed by atoms with E-state index in [0.717, 1.165) is 11.1 Å². The second-order valence-electron chi connectivity index (χ2n) is 9.55. The van der Waals surface area contributed by atoms with Crippen molar-refractivity contribution < 1.29 is 23.2 Å². The topological polar surface area (TPSA) is 95.7 Å². The molecule has 166 valence electrons. The molecule has 3 fully saturated rings. The Morgan fingerprint density at radius 1 is 1.19 bits per heavy atom. The Balaban J connectivity index is 1.28. The first kappa shape index (κ1) is 20.5. The first-order chi connectivity index (χ1) is 14.6. The average Bonchev–Trinajstić information content (AvgIpc) is 3.18. The zero-order valence-electron chi connectivity index (χ0n) is 17.2. The fraction of sp³-hybridized carbons (Fsp3) is 0.591. The molecule has 1 saturated carbocycles. The number of carbonyl (C=O) groups is 3. The third-order valence-corrected chi connectivity index (χ3v) is 7.31. The minimum Gasteiger partial charge on any atom is -0.324 e. The van der Waals surface area contributed by atoms with Gasteiger partial charge in [0.15, 0.2) is 0 Å². The number of nitrogens with one attached hydrogen (secondary N) is 1. The molecule has 5 rings (SSSR count). The summed E-state index contributed by atoms with van der Waals surface area (Å²) >= 11 is 0. The standard InChI is InChI=1S/C22H26F2N4O3/c23-22(24)6-5-21(25)12-27(11-15(21)8-22)9-13-1-2-14-10-28(20(31)16(14)7-13)17-3-4-18(29)26-19(17)30/h1-2,7,15,17H,3-6,8-12,25H2,(H,26,29,30)/t15-,17?,21-/m1/s1. The van der Waals surface area contributed by atoms with Crippen molar-refractivity contribution in [2.24, 2.45) is 11.7 Å². The molecule has 3 atom stereocenters. The van der Waals surface area contributed by atoms with E-state index >= 15 is 0 Å². The van der Waals surface area contributed by atoms with Gasteiger partial charge in [0.25, 0.3) is 5.91 Å². The van der Waals surface area contributed by atoms with E-state index in [9.17, 15) is 23.2 Å². The first-order valence-corrected chi connectivity index (χ1v) is 10.8. The fourth-order valence-electron chi connectivity index (χ4n) is 5.61. The molecule has 9 heteroatoms. The molecule has 3 aliphatic heterocycles. The quantitative estimate of drug-likeness (QED) is 0.704. The van der Waals surface area contributed by atoms with Gasteiger partial charge in [0, 0.05) is 56.5 Å². The van der Waals surface area contributed by atoms with Gasteiger partial charge in [-0.25, -0.2) is 8.78 Å². The van der Waals surface area contributed by atoms with E-state index in [1.54, 1.807) is 0 Å². The lowest BCUT2D eigenvalue weighted by molar-refractivity contribution is -0.136. The van der Waals surface area contributed by atoms with Gasteiger partial charge in [-0.15, -0.1) is 0 Å². The Bertz CT molecular complexity index is 968. The van der Waals surface area contributed by atoms with Crippen LogP contribution in [-0.2, 0) is 22.7 Å². The Kier molecular flexibility index (Phi) is 4.67. The lowest BCUT2D eigenvalue weighted by Gasteiger charge is -2.38. The van der Waals surface area contributed by atoms with Crippen molar-refractivity contribution in [3.05, 3.63) is 34.9 Å². The number of nitrogens with zero attached hydrogens (tertiary/aromatic N) is 2. The number of benzene rings is 1. The molecule has 0 aromatic heterocycles. The summed E-state index contributed by atoms with van der Waals surface area (Å²) in [4.78, 5) is 40.2. The number of carbonyl (C=O) groups excluding carboxylic acids is 3. The number of likely N-dealkylation sites (tertiary alicyclic amines) is 1. The van der Waals surface area contributed by atoms with Gasteiger partial charge in [-0.05, 0) is 36.0 Å². The van der Waals surface area contributed by atoms with E-state index in [1.807, 2.05) is 18.2 Å². The third kappa shape index (κ3) is 3.63. The molecule has 1 unspecified atom stereocenters. The number of amides is 3. The summed E-state index contributed by atoms with van der Waals surface area (Å²) in [5.74, 6) is -3.81. The zero-order valence-corrected chi connectivity index (χ0v) is 17.2. The van der Waals surface area contributed by atoms with Gasteiger partial charge in [-0.3, -0.25) is 24.6 Å². The van der Waals surface area contributed by atoms with E-state index in [4.69, 9.17) is 5.73 Å². The van der Waals surface area contributed by atoms with E-state index in [0.29, 0.717) is 44.6 Å². The number of hydrogen-bond donors (Lipinski definition) is 2. The van der Waals surface area contributed by atoms with Crippen molar-refractivity contribution in [3.8, 4) is 0 Å². The molecule has 2 saturated heterocycles. The highest BCUT2D eigenvalue weighted by molar-refractivity contribution is 6.05. The summed E-state index contributed by atoms with van der Waals surface area (Å²) in [5.41, 5.74) is 8.23. The highest BCUT2D eigenvalue weighted by atomic mass is 19.3. The molecular formula is C22H26F2N4O3. The second kappa shape index (κ2) is 7.06. The lowest BCUT2D eigenvalue weighted by Crippen LogP contribution is -2.53. The van der Waals surface area contributed by atoms with Crippen LogP contribution in [0.2, 0.25) is 0 Å². The monoisotopic (exact) mass is 432 g/mol. The van der Waals surface area contributed by atoms with Crippen molar-refractivity contribution in [2.45, 2.75) is 62.7 Å². The first-order valence-electron chi connectivity index (χ1n) is 10.8. The van der Waals surface area contributed by atoms with Crippen molar-refractivity contribution in [2.75, 3.05) is 13.1 Å². The fourth-order valence-corrected chi connectivity index (χ4v) is 5.61. The van der Waals surface area contributed by atoms with E-state index in [-0.39, 0.29) is 37.0 Å². The van der Waals surface area contributed by atoms with Crippen molar-refractivity contribution >= 4 is 17.7 Å². The summed E-state index contributed by atoms with van der Waals surface area (Å²) in [7, 11) is 0. The number of fused-ring (bicyclic) bond motifs is 2. The summed E-state index contributed by atoms with van der Waals surface area (Å²) in [6.45, 7) is 1.98. The molecule has 1 aromatic rings. The molecule has 4 aliphatic rings. The van der Waals surface area contributed by atoms with Crippen LogP contribution < -0.4 is 11.1 Å². The predicted molar refractivity (Wildman–Crippen MR) is 107 cm³/mol. The van der Waals surface area contributed by atoms with E-state index < -0.39 is 23.4 Å². The maximum atomic E-state index is 13.8. The number of halogens is 2. The number of imide groups is 1. The Hall–Kier alpha value is -2.39. The largest absolute Gasteiger partial charge is 0.324 e. The maximum absolute atomic E-state index is 13.8. The number of hydrogen-bond acceptors (Lipinski definition) is 5. The third-order valence-electron chi connectivity index (χ3n) is 7.31. The van der Waals surface area contributed by atoms with Crippen LogP contribution >= 0.6 is 0 Å². The van der Waals surface area contributed by atoms with Gasteiger partial charge >= 0.3 is 0 Å². The van der Waals surface area contributed by atoms with Crippen LogP contribution in [0.15, 0.2) is 18.2 Å².